The van der Waals surface area contributed by atoms with Crippen LogP contribution in [0.25, 0.3) is 0 Å². The van der Waals surface area contributed by atoms with Gasteiger partial charge in [-0.2, -0.15) is 0 Å². The van der Waals surface area contributed by atoms with Crippen molar-refractivity contribution in [2.75, 3.05) is 11.4 Å². The summed E-state index contributed by atoms with van der Waals surface area (Å²) in [5.74, 6) is 0.471. The summed E-state index contributed by atoms with van der Waals surface area (Å²) in [5, 5.41) is 0. The fraction of sp³-hybridized carbons (Fsp3) is 0.600. The van der Waals surface area contributed by atoms with E-state index in [9.17, 15) is 4.39 Å². The van der Waals surface area contributed by atoms with Gasteiger partial charge in [0.1, 0.15) is 5.82 Å². The van der Waals surface area contributed by atoms with Crippen LogP contribution in [0.4, 0.5) is 10.1 Å². The van der Waals surface area contributed by atoms with Gasteiger partial charge in [0.15, 0.2) is 0 Å². The molecule has 0 amide bonds. The first-order valence-corrected chi connectivity index (χ1v) is 6.81. The molecular weight excluding hydrogens is 227 g/mol. The number of nitrogens with zero attached hydrogens (tertiary/aromatic N) is 1. The van der Waals surface area contributed by atoms with E-state index in [0.29, 0.717) is 17.5 Å². The van der Waals surface area contributed by atoms with Crippen LogP contribution in [-0.2, 0) is 0 Å². The smallest absolute Gasteiger partial charge is 0.130 e. The molecule has 1 aliphatic rings. The third kappa shape index (κ3) is 2.51. The standard InChI is InChI=1S/C15H23FN2/c1-10-7-8-11(2)18(9-10)14-6-4-5-13(16)15(14)12(3)17/h4-6,10-12H,7-9,17H2,1-3H3/t10?,11?,12-/m0/s1. The highest BCUT2D eigenvalue weighted by Crippen LogP contribution is 2.33. The number of benzene rings is 1. The van der Waals surface area contributed by atoms with Gasteiger partial charge in [0, 0.05) is 29.9 Å². The zero-order valence-corrected chi connectivity index (χ0v) is 11.5. The van der Waals surface area contributed by atoms with Crippen LogP contribution in [0.1, 0.15) is 45.2 Å². The second kappa shape index (κ2) is 5.27. The number of nitrogens with two attached hydrogens (primary N) is 1. The molecule has 0 aliphatic carbocycles. The Morgan fingerprint density at radius 1 is 1.33 bits per heavy atom. The number of halogens is 1. The first-order chi connectivity index (χ1) is 8.50. The monoisotopic (exact) mass is 250 g/mol. The van der Waals surface area contributed by atoms with Crippen molar-refractivity contribution in [2.45, 2.75) is 45.7 Å². The molecule has 0 saturated carbocycles. The fourth-order valence-corrected chi connectivity index (χ4v) is 2.85. The highest BCUT2D eigenvalue weighted by Gasteiger charge is 2.26. The maximum atomic E-state index is 14.0. The van der Waals surface area contributed by atoms with Gasteiger partial charge in [0.2, 0.25) is 0 Å². The van der Waals surface area contributed by atoms with Crippen LogP contribution in [-0.4, -0.2) is 12.6 Å². The lowest BCUT2D eigenvalue weighted by molar-refractivity contribution is 0.388. The molecule has 100 valence electrons. The lowest BCUT2D eigenvalue weighted by Crippen LogP contribution is -2.42. The molecule has 1 heterocycles. The summed E-state index contributed by atoms with van der Waals surface area (Å²) >= 11 is 0. The molecule has 3 atom stereocenters. The molecule has 1 saturated heterocycles. The first kappa shape index (κ1) is 13.3. The second-order valence-electron chi connectivity index (χ2n) is 5.65. The molecule has 2 unspecified atom stereocenters. The number of rotatable bonds is 2. The first-order valence-electron chi connectivity index (χ1n) is 6.81. The summed E-state index contributed by atoms with van der Waals surface area (Å²) < 4.78 is 14.0. The van der Waals surface area contributed by atoms with Crippen LogP contribution >= 0.6 is 0 Å². The minimum absolute atomic E-state index is 0.187. The Hall–Kier alpha value is -1.09. The Bertz CT molecular complexity index is 417. The zero-order chi connectivity index (χ0) is 13.3. The van der Waals surface area contributed by atoms with Crippen molar-refractivity contribution in [3.8, 4) is 0 Å². The van der Waals surface area contributed by atoms with Crippen LogP contribution < -0.4 is 10.6 Å². The van der Waals surface area contributed by atoms with E-state index in [4.69, 9.17) is 5.73 Å². The maximum Gasteiger partial charge on any atom is 0.130 e. The van der Waals surface area contributed by atoms with Crippen molar-refractivity contribution in [1.82, 2.24) is 0 Å². The lowest BCUT2D eigenvalue weighted by atomic mass is 9.93. The van der Waals surface area contributed by atoms with Crippen molar-refractivity contribution in [2.24, 2.45) is 11.7 Å². The fourth-order valence-electron chi connectivity index (χ4n) is 2.85. The van der Waals surface area contributed by atoms with Gasteiger partial charge in [-0.25, -0.2) is 4.39 Å². The Balaban J connectivity index is 2.40. The van der Waals surface area contributed by atoms with E-state index in [1.165, 1.54) is 12.5 Å². The Morgan fingerprint density at radius 3 is 2.72 bits per heavy atom. The molecule has 2 nitrogen and oxygen atoms in total. The van der Waals surface area contributed by atoms with Crippen LogP contribution in [0.15, 0.2) is 18.2 Å². The number of anilines is 1. The van der Waals surface area contributed by atoms with Crippen molar-refractivity contribution in [3.05, 3.63) is 29.6 Å². The Kier molecular flexibility index (Phi) is 3.91. The van der Waals surface area contributed by atoms with Gasteiger partial charge in [-0.3, -0.25) is 0 Å². The average Bonchev–Trinajstić information content (AvgIpc) is 2.31. The summed E-state index contributed by atoms with van der Waals surface area (Å²) in [6.07, 6.45) is 2.41. The van der Waals surface area contributed by atoms with Gasteiger partial charge in [-0.15, -0.1) is 0 Å². The van der Waals surface area contributed by atoms with E-state index < -0.39 is 0 Å². The van der Waals surface area contributed by atoms with E-state index in [1.54, 1.807) is 6.07 Å². The molecule has 1 aliphatic heterocycles. The quantitative estimate of drug-likeness (QED) is 0.871. The third-order valence-corrected chi connectivity index (χ3v) is 3.91. The molecule has 0 aromatic heterocycles. The highest BCUT2D eigenvalue weighted by atomic mass is 19.1. The summed E-state index contributed by atoms with van der Waals surface area (Å²) in [5.41, 5.74) is 7.56. The predicted molar refractivity (Wildman–Crippen MR) is 74.2 cm³/mol. The molecule has 2 N–H and O–H groups in total. The molecular formula is C15H23FN2. The van der Waals surface area contributed by atoms with Crippen molar-refractivity contribution in [3.63, 3.8) is 0 Å². The summed E-state index contributed by atoms with van der Waals surface area (Å²) in [6, 6.07) is 5.46. The Morgan fingerprint density at radius 2 is 2.06 bits per heavy atom. The molecule has 3 heteroatoms. The zero-order valence-electron chi connectivity index (χ0n) is 11.5. The third-order valence-electron chi connectivity index (χ3n) is 3.91. The van der Waals surface area contributed by atoms with Crippen molar-refractivity contribution in [1.29, 1.82) is 0 Å². The van der Waals surface area contributed by atoms with Gasteiger partial charge in [-0.05, 0) is 44.7 Å². The maximum absolute atomic E-state index is 14.0. The number of hydrogen-bond acceptors (Lipinski definition) is 2. The van der Waals surface area contributed by atoms with E-state index in [2.05, 4.69) is 18.7 Å². The van der Waals surface area contributed by atoms with Gasteiger partial charge >= 0.3 is 0 Å². The summed E-state index contributed by atoms with van der Waals surface area (Å²) in [7, 11) is 0. The Labute approximate surface area is 109 Å². The van der Waals surface area contributed by atoms with Crippen LogP contribution in [0.3, 0.4) is 0 Å². The van der Waals surface area contributed by atoms with Crippen molar-refractivity contribution >= 4 is 5.69 Å². The molecule has 0 radical (unpaired) electrons. The van der Waals surface area contributed by atoms with E-state index in [0.717, 1.165) is 18.7 Å². The van der Waals surface area contributed by atoms with Gasteiger partial charge < -0.3 is 10.6 Å². The normalized spacial score (nSPS) is 26.2. The van der Waals surface area contributed by atoms with E-state index in [1.807, 2.05) is 13.0 Å². The minimum Gasteiger partial charge on any atom is -0.368 e. The van der Waals surface area contributed by atoms with Crippen LogP contribution in [0.5, 0.6) is 0 Å². The van der Waals surface area contributed by atoms with Gasteiger partial charge in [-0.1, -0.05) is 13.0 Å². The molecule has 1 fully saturated rings. The predicted octanol–water partition coefficient (Wildman–Crippen LogP) is 3.47. The van der Waals surface area contributed by atoms with Crippen molar-refractivity contribution < 1.29 is 4.39 Å². The SMILES string of the molecule is CC1CCC(C)N(c2cccc(F)c2[C@H](C)N)C1. The topological polar surface area (TPSA) is 29.3 Å². The minimum atomic E-state index is -0.273. The molecule has 2 rings (SSSR count). The molecule has 0 spiro atoms. The molecule has 18 heavy (non-hydrogen) atoms. The van der Waals surface area contributed by atoms with E-state index >= 15 is 0 Å². The lowest BCUT2D eigenvalue weighted by Gasteiger charge is -2.40. The molecule has 1 aromatic rings. The van der Waals surface area contributed by atoms with E-state index in [-0.39, 0.29) is 11.9 Å². The molecule has 1 aromatic carbocycles. The highest BCUT2D eigenvalue weighted by molar-refractivity contribution is 5.56. The second-order valence-corrected chi connectivity index (χ2v) is 5.65. The van der Waals surface area contributed by atoms with Crippen LogP contribution in [0.2, 0.25) is 0 Å². The average molecular weight is 250 g/mol. The molecule has 0 bridgehead atoms. The summed E-state index contributed by atoms with van der Waals surface area (Å²) in [6.45, 7) is 7.30. The summed E-state index contributed by atoms with van der Waals surface area (Å²) in [4.78, 5) is 2.32. The largest absolute Gasteiger partial charge is 0.368 e. The number of piperidine rings is 1. The van der Waals surface area contributed by atoms with Crippen LogP contribution in [0, 0.1) is 11.7 Å². The van der Waals surface area contributed by atoms with Gasteiger partial charge in [0.25, 0.3) is 0 Å². The number of hydrogen-bond donors (Lipinski definition) is 1. The van der Waals surface area contributed by atoms with Gasteiger partial charge in [0.05, 0.1) is 0 Å².